The molecule has 1 aromatic heterocycles. The predicted molar refractivity (Wildman–Crippen MR) is 132 cm³/mol. The maximum Gasteiger partial charge on any atom is 0.227 e. The minimum atomic E-state index is -0.611. The van der Waals surface area contributed by atoms with Gasteiger partial charge in [-0.25, -0.2) is 9.07 Å². The summed E-state index contributed by atoms with van der Waals surface area (Å²) in [6, 6.07) is 16.0. The van der Waals surface area contributed by atoms with Crippen LogP contribution in [0.25, 0.3) is 5.69 Å². The van der Waals surface area contributed by atoms with Crippen molar-refractivity contribution in [1.82, 2.24) is 14.7 Å². The Morgan fingerprint density at radius 3 is 2.29 bits per heavy atom. The molecular weight excluding hydrogens is 433 g/mol. The van der Waals surface area contributed by atoms with Crippen LogP contribution in [0.3, 0.4) is 0 Å². The number of aryl methyl sites for hydroxylation is 1. The van der Waals surface area contributed by atoms with Crippen LogP contribution in [0.4, 0.5) is 4.39 Å². The van der Waals surface area contributed by atoms with Crippen LogP contribution in [0.5, 0.6) is 11.6 Å². The number of aliphatic hydroxyl groups is 1. The van der Waals surface area contributed by atoms with Gasteiger partial charge in [0.15, 0.2) is 0 Å². The molecule has 3 aromatic rings. The number of benzene rings is 2. The van der Waals surface area contributed by atoms with Gasteiger partial charge in [0.25, 0.3) is 0 Å². The summed E-state index contributed by atoms with van der Waals surface area (Å²) in [5.74, 6) is 0.805. The van der Waals surface area contributed by atoms with Gasteiger partial charge in [-0.1, -0.05) is 25.1 Å². The van der Waals surface area contributed by atoms with Gasteiger partial charge in [0.2, 0.25) is 5.88 Å². The van der Waals surface area contributed by atoms with E-state index in [-0.39, 0.29) is 24.6 Å². The molecule has 0 saturated carbocycles. The summed E-state index contributed by atoms with van der Waals surface area (Å²) < 4.78 is 27.2. The van der Waals surface area contributed by atoms with E-state index in [1.165, 1.54) is 12.1 Å². The molecule has 1 N–H and O–H groups in total. The Bertz CT molecular complexity index is 1020. The van der Waals surface area contributed by atoms with E-state index < -0.39 is 6.10 Å². The number of rotatable bonds is 12. The molecule has 184 valence electrons. The van der Waals surface area contributed by atoms with Crippen molar-refractivity contribution in [3.05, 3.63) is 71.7 Å². The number of nitrogens with zero attached hydrogens (tertiary/aromatic N) is 3. The zero-order valence-corrected chi connectivity index (χ0v) is 20.7. The van der Waals surface area contributed by atoms with Gasteiger partial charge in [0, 0.05) is 19.1 Å². The Balaban J connectivity index is 1.98. The SMILES string of the molecule is CCc1nn(-c2ccccc2)c(Oc2ccc(F)cc2)c1CN(C[C@H](O)COC(C)C)C(C)C. The van der Waals surface area contributed by atoms with Gasteiger partial charge in [-0.05, 0) is 70.5 Å². The van der Waals surface area contributed by atoms with Gasteiger partial charge in [0.1, 0.15) is 11.6 Å². The summed E-state index contributed by atoms with van der Waals surface area (Å²) in [5.41, 5.74) is 2.74. The van der Waals surface area contributed by atoms with E-state index in [9.17, 15) is 9.50 Å². The van der Waals surface area contributed by atoms with E-state index >= 15 is 0 Å². The first-order valence-electron chi connectivity index (χ1n) is 11.9. The van der Waals surface area contributed by atoms with E-state index in [0.717, 1.165) is 23.4 Å². The lowest BCUT2D eigenvalue weighted by molar-refractivity contribution is -0.0137. The Labute approximate surface area is 201 Å². The molecule has 1 heterocycles. The normalized spacial score (nSPS) is 12.6. The fourth-order valence-corrected chi connectivity index (χ4v) is 3.67. The molecule has 2 aromatic carbocycles. The second-order valence-corrected chi connectivity index (χ2v) is 8.95. The van der Waals surface area contributed by atoms with E-state index in [4.69, 9.17) is 14.6 Å². The minimum Gasteiger partial charge on any atom is -0.439 e. The van der Waals surface area contributed by atoms with Crippen LogP contribution in [0.15, 0.2) is 54.6 Å². The fourth-order valence-electron chi connectivity index (χ4n) is 3.67. The zero-order valence-electron chi connectivity index (χ0n) is 20.7. The summed E-state index contributed by atoms with van der Waals surface area (Å²) in [6.45, 7) is 11.5. The first-order chi connectivity index (χ1) is 16.3. The summed E-state index contributed by atoms with van der Waals surface area (Å²) in [5, 5.41) is 15.4. The summed E-state index contributed by atoms with van der Waals surface area (Å²) in [6.07, 6.45) is 0.175. The monoisotopic (exact) mass is 469 g/mol. The van der Waals surface area contributed by atoms with E-state index in [1.54, 1.807) is 16.8 Å². The van der Waals surface area contributed by atoms with Gasteiger partial charge in [-0.3, -0.25) is 4.90 Å². The molecule has 7 heteroatoms. The third kappa shape index (κ3) is 6.88. The minimum absolute atomic E-state index is 0.0636. The molecule has 0 spiro atoms. The first kappa shape index (κ1) is 25.9. The molecule has 6 nitrogen and oxygen atoms in total. The number of hydrogen-bond acceptors (Lipinski definition) is 5. The average molecular weight is 470 g/mol. The topological polar surface area (TPSA) is 59.8 Å². The van der Waals surface area contributed by atoms with E-state index in [0.29, 0.717) is 24.7 Å². The molecule has 1 atom stereocenters. The van der Waals surface area contributed by atoms with Gasteiger partial charge >= 0.3 is 0 Å². The average Bonchev–Trinajstić information content (AvgIpc) is 3.16. The highest BCUT2D eigenvalue weighted by molar-refractivity contribution is 5.43. The highest BCUT2D eigenvalue weighted by Crippen LogP contribution is 2.32. The standard InChI is InChI=1S/C27H36FN3O3/c1-6-26-25(17-30(19(2)3)16-23(32)18-33-20(4)5)27(34-24-14-12-21(28)13-15-24)31(29-26)22-10-8-7-9-11-22/h7-15,19-20,23,32H,6,16-18H2,1-5H3/t23-/m0/s1. The Morgan fingerprint density at radius 1 is 1.03 bits per heavy atom. The molecule has 0 aliphatic rings. The van der Waals surface area contributed by atoms with Crippen molar-refractivity contribution in [2.24, 2.45) is 0 Å². The zero-order chi connectivity index (χ0) is 24.7. The van der Waals surface area contributed by atoms with Crippen LogP contribution in [-0.4, -0.2) is 51.2 Å². The van der Waals surface area contributed by atoms with Crippen molar-refractivity contribution >= 4 is 0 Å². The van der Waals surface area contributed by atoms with Gasteiger partial charge in [0.05, 0.1) is 35.8 Å². The second kappa shape index (κ2) is 12.1. The predicted octanol–water partition coefficient (Wildman–Crippen LogP) is 5.36. The fraction of sp³-hybridized carbons (Fsp3) is 0.444. The van der Waals surface area contributed by atoms with Crippen LogP contribution in [0.1, 0.15) is 45.9 Å². The van der Waals surface area contributed by atoms with Crippen LogP contribution in [0, 0.1) is 5.82 Å². The van der Waals surface area contributed by atoms with Crippen molar-refractivity contribution in [2.75, 3.05) is 13.2 Å². The molecule has 0 unspecified atom stereocenters. The van der Waals surface area contributed by atoms with Crippen LogP contribution < -0.4 is 4.74 Å². The largest absolute Gasteiger partial charge is 0.439 e. The molecule has 0 radical (unpaired) electrons. The summed E-state index contributed by atoms with van der Waals surface area (Å²) in [7, 11) is 0. The lowest BCUT2D eigenvalue weighted by Crippen LogP contribution is -2.39. The number of hydrogen-bond donors (Lipinski definition) is 1. The Morgan fingerprint density at radius 2 is 1.71 bits per heavy atom. The number of halogens is 1. The Kier molecular flexibility index (Phi) is 9.21. The summed E-state index contributed by atoms with van der Waals surface area (Å²) >= 11 is 0. The molecule has 0 fully saturated rings. The van der Waals surface area contributed by atoms with Crippen molar-refractivity contribution < 1.29 is 19.0 Å². The number of para-hydroxylation sites is 1. The van der Waals surface area contributed by atoms with Crippen molar-refractivity contribution in [1.29, 1.82) is 0 Å². The van der Waals surface area contributed by atoms with E-state index in [2.05, 4.69) is 25.7 Å². The molecule has 34 heavy (non-hydrogen) atoms. The van der Waals surface area contributed by atoms with Gasteiger partial charge in [-0.15, -0.1) is 0 Å². The van der Waals surface area contributed by atoms with Crippen LogP contribution in [0.2, 0.25) is 0 Å². The van der Waals surface area contributed by atoms with Gasteiger partial charge < -0.3 is 14.6 Å². The molecule has 0 amide bonds. The highest BCUT2D eigenvalue weighted by atomic mass is 19.1. The van der Waals surface area contributed by atoms with Crippen molar-refractivity contribution in [3.63, 3.8) is 0 Å². The molecular formula is C27H36FN3O3. The quantitative estimate of drug-likeness (QED) is 0.387. The second-order valence-electron chi connectivity index (χ2n) is 8.95. The van der Waals surface area contributed by atoms with Crippen LogP contribution >= 0.6 is 0 Å². The van der Waals surface area contributed by atoms with Gasteiger partial charge in [-0.2, -0.15) is 5.10 Å². The molecule has 0 aliphatic carbocycles. The Hall–Kier alpha value is -2.74. The maximum absolute atomic E-state index is 13.5. The smallest absolute Gasteiger partial charge is 0.227 e. The van der Waals surface area contributed by atoms with Crippen LogP contribution in [-0.2, 0) is 17.7 Å². The maximum atomic E-state index is 13.5. The van der Waals surface area contributed by atoms with Crippen molar-refractivity contribution in [2.45, 2.75) is 65.8 Å². The third-order valence-corrected chi connectivity index (χ3v) is 5.54. The van der Waals surface area contributed by atoms with E-state index in [1.807, 2.05) is 44.2 Å². The molecule has 0 bridgehead atoms. The number of ether oxygens (including phenoxy) is 2. The number of aliphatic hydroxyl groups excluding tert-OH is 1. The molecule has 0 aliphatic heterocycles. The molecule has 0 saturated heterocycles. The third-order valence-electron chi connectivity index (χ3n) is 5.54. The summed E-state index contributed by atoms with van der Waals surface area (Å²) in [4.78, 5) is 2.19. The first-order valence-corrected chi connectivity index (χ1v) is 11.9. The van der Waals surface area contributed by atoms with Crippen molar-refractivity contribution in [3.8, 4) is 17.3 Å². The lowest BCUT2D eigenvalue weighted by atomic mass is 10.1. The molecule has 3 rings (SSSR count). The highest BCUT2D eigenvalue weighted by Gasteiger charge is 2.25. The number of aromatic nitrogens is 2. The lowest BCUT2D eigenvalue weighted by Gasteiger charge is -2.29.